The Labute approximate surface area is 155 Å². The summed E-state index contributed by atoms with van der Waals surface area (Å²) in [5, 5.41) is 10.4. The van der Waals surface area contributed by atoms with Crippen LogP contribution in [0.1, 0.15) is 25.3 Å². The zero-order valence-corrected chi connectivity index (χ0v) is 16.3. The van der Waals surface area contributed by atoms with Crippen LogP contribution in [0.4, 0.5) is 0 Å². The zero-order chi connectivity index (χ0) is 17.6. The van der Waals surface area contributed by atoms with Crippen LogP contribution >= 0.6 is 31.9 Å². The van der Waals surface area contributed by atoms with E-state index in [-0.39, 0.29) is 17.9 Å². The smallest absolute Gasteiger partial charge is 0.323 e. The molecule has 1 heterocycles. The van der Waals surface area contributed by atoms with Crippen LogP contribution in [0.25, 0.3) is 21.8 Å². The molecular weight excluding hydrogens is 438 g/mol. The molecule has 1 N–H and O–H groups in total. The van der Waals surface area contributed by atoms with Gasteiger partial charge in [-0.25, -0.2) is 0 Å². The van der Waals surface area contributed by atoms with Crippen molar-refractivity contribution in [2.24, 2.45) is 0 Å². The van der Waals surface area contributed by atoms with E-state index in [0.29, 0.717) is 26.3 Å². The summed E-state index contributed by atoms with van der Waals surface area (Å²) in [4.78, 5) is 24.3. The van der Waals surface area contributed by atoms with Crippen molar-refractivity contribution in [1.82, 2.24) is 4.57 Å². The average molecular weight is 453 g/mol. The Morgan fingerprint density at radius 3 is 2.46 bits per heavy atom. The second kappa shape index (κ2) is 6.33. The van der Waals surface area contributed by atoms with Gasteiger partial charge in [0.05, 0.1) is 15.5 Å². The number of fused-ring (bicyclic) bond motifs is 2. The molecule has 1 aromatic heterocycles. The lowest BCUT2D eigenvalue weighted by atomic mass is 10.00. The fourth-order valence-electron chi connectivity index (χ4n) is 2.88. The molecule has 124 valence electrons. The largest absolute Gasteiger partial charge is 0.480 e. The van der Waals surface area contributed by atoms with Crippen LogP contribution in [0.15, 0.2) is 44.1 Å². The van der Waals surface area contributed by atoms with Crippen LogP contribution in [0.5, 0.6) is 0 Å². The molecule has 0 aliphatic carbocycles. The van der Waals surface area contributed by atoms with Gasteiger partial charge in [-0.2, -0.15) is 0 Å². The molecule has 0 bridgehead atoms. The predicted octanol–water partition coefficient (Wildman–Crippen LogP) is 4.89. The summed E-state index contributed by atoms with van der Waals surface area (Å²) >= 11 is 6.92. The highest BCUT2D eigenvalue weighted by atomic mass is 79.9. The fraction of sp³-hybridized carbons (Fsp3) is 0.222. The monoisotopic (exact) mass is 451 g/mol. The van der Waals surface area contributed by atoms with Crippen molar-refractivity contribution in [3.8, 4) is 0 Å². The summed E-state index contributed by atoms with van der Waals surface area (Å²) < 4.78 is 3.14. The molecule has 6 heteroatoms. The Kier molecular flexibility index (Phi) is 4.53. The number of halogens is 2. The predicted molar refractivity (Wildman–Crippen MR) is 103 cm³/mol. The maximum atomic E-state index is 12.9. The van der Waals surface area contributed by atoms with Crippen LogP contribution in [0.2, 0.25) is 0 Å². The molecule has 24 heavy (non-hydrogen) atoms. The van der Waals surface area contributed by atoms with E-state index < -0.39 is 5.97 Å². The molecule has 4 nitrogen and oxygen atoms in total. The van der Waals surface area contributed by atoms with Crippen molar-refractivity contribution in [3.05, 3.63) is 55.1 Å². The van der Waals surface area contributed by atoms with Gasteiger partial charge >= 0.3 is 5.97 Å². The Bertz CT molecular complexity index is 1040. The first kappa shape index (κ1) is 17.2. The lowest BCUT2D eigenvalue weighted by Gasteiger charge is -2.17. The topological polar surface area (TPSA) is 59.3 Å². The highest BCUT2D eigenvalue weighted by Gasteiger charge is 2.17. The first-order chi connectivity index (χ1) is 11.3. The third-order valence-electron chi connectivity index (χ3n) is 4.10. The number of hydrogen-bond donors (Lipinski definition) is 1. The van der Waals surface area contributed by atoms with E-state index >= 15 is 0 Å². The maximum Gasteiger partial charge on any atom is 0.323 e. The number of pyridine rings is 1. The first-order valence-electron chi connectivity index (χ1n) is 7.47. The van der Waals surface area contributed by atoms with E-state index in [2.05, 4.69) is 45.7 Å². The molecule has 0 radical (unpaired) electrons. The molecule has 0 atom stereocenters. The van der Waals surface area contributed by atoms with Gasteiger partial charge in [-0.05, 0) is 67.6 Å². The third kappa shape index (κ3) is 2.78. The molecule has 0 unspecified atom stereocenters. The van der Waals surface area contributed by atoms with E-state index in [0.717, 1.165) is 10.0 Å². The Balaban J connectivity index is 2.58. The Hall–Kier alpha value is -1.66. The van der Waals surface area contributed by atoms with Crippen LogP contribution in [0, 0.1) is 0 Å². The summed E-state index contributed by atoms with van der Waals surface area (Å²) in [5.74, 6) is -0.674. The van der Waals surface area contributed by atoms with Gasteiger partial charge in [-0.3, -0.25) is 9.59 Å². The van der Waals surface area contributed by atoms with Gasteiger partial charge in [-0.1, -0.05) is 19.9 Å². The summed E-state index contributed by atoms with van der Waals surface area (Å²) in [5.41, 5.74) is 2.20. The molecule has 3 aromatic rings. The minimum atomic E-state index is -0.955. The number of rotatable bonds is 3. The van der Waals surface area contributed by atoms with Gasteiger partial charge in [0.25, 0.3) is 0 Å². The molecule has 0 fully saturated rings. The number of aromatic nitrogens is 1. The number of hydrogen-bond acceptors (Lipinski definition) is 2. The van der Waals surface area contributed by atoms with Crippen LogP contribution in [-0.2, 0) is 11.3 Å². The van der Waals surface area contributed by atoms with Crippen molar-refractivity contribution >= 4 is 59.6 Å². The lowest BCUT2D eigenvalue weighted by Crippen LogP contribution is -2.16. The van der Waals surface area contributed by atoms with E-state index in [4.69, 9.17) is 0 Å². The maximum absolute atomic E-state index is 12.9. The normalized spacial score (nSPS) is 11.5. The van der Waals surface area contributed by atoms with Gasteiger partial charge in [0, 0.05) is 15.2 Å². The van der Waals surface area contributed by atoms with Crippen molar-refractivity contribution < 1.29 is 9.90 Å². The number of aliphatic carboxylic acids is 1. The fourth-order valence-corrected chi connectivity index (χ4v) is 3.75. The van der Waals surface area contributed by atoms with Gasteiger partial charge in [-0.15, -0.1) is 0 Å². The minimum absolute atomic E-state index is 0.0925. The zero-order valence-electron chi connectivity index (χ0n) is 13.1. The number of carboxylic acid groups (broad SMARTS) is 1. The molecule has 2 aromatic carbocycles. The van der Waals surface area contributed by atoms with Crippen LogP contribution < -0.4 is 5.43 Å². The summed E-state index contributed by atoms with van der Waals surface area (Å²) in [6, 6.07) is 9.14. The number of benzene rings is 2. The van der Waals surface area contributed by atoms with Gasteiger partial charge in [0.15, 0.2) is 5.43 Å². The lowest BCUT2D eigenvalue weighted by molar-refractivity contribution is -0.137. The van der Waals surface area contributed by atoms with Crippen molar-refractivity contribution in [2.45, 2.75) is 26.3 Å². The minimum Gasteiger partial charge on any atom is -0.480 e. The van der Waals surface area contributed by atoms with Gasteiger partial charge < -0.3 is 9.67 Å². The number of carboxylic acids is 1. The molecule has 0 aliphatic rings. The third-order valence-corrected chi connectivity index (χ3v) is 6.10. The van der Waals surface area contributed by atoms with Crippen molar-refractivity contribution in [2.75, 3.05) is 0 Å². The first-order valence-corrected chi connectivity index (χ1v) is 9.05. The van der Waals surface area contributed by atoms with E-state index in [1.807, 2.05) is 12.1 Å². The summed E-state index contributed by atoms with van der Waals surface area (Å²) in [6.45, 7) is 3.91. The van der Waals surface area contributed by atoms with E-state index in [1.165, 1.54) is 0 Å². The molecule has 3 rings (SSSR count). The highest BCUT2D eigenvalue weighted by molar-refractivity contribution is 9.13. The second-order valence-electron chi connectivity index (χ2n) is 6.00. The summed E-state index contributed by atoms with van der Waals surface area (Å²) in [7, 11) is 0. The standard InChI is InChI=1S/C18H15Br2NO3/c1-9(2)10-3-4-11-14(7-10)21(8-15(22)23)17-12(18(11)24)5-6-13(19)16(17)20/h3-7,9H,8H2,1-2H3,(H,22,23). The summed E-state index contributed by atoms with van der Waals surface area (Å²) in [6.07, 6.45) is 0. The van der Waals surface area contributed by atoms with Crippen LogP contribution in [0.3, 0.4) is 0 Å². The molecule has 0 aliphatic heterocycles. The molecule has 0 amide bonds. The highest BCUT2D eigenvalue weighted by Crippen LogP contribution is 2.33. The molecule has 0 saturated carbocycles. The molecule has 0 spiro atoms. The quantitative estimate of drug-likeness (QED) is 0.575. The molecular formula is C18H15Br2NO3. The van der Waals surface area contributed by atoms with Gasteiger partial charge in [0.1, 0.15) is 6.54 Å². The number of carbonyl (C=O) groups is 1. The van der Waals surface area contributed by atoms with E-state index in [9.17, 15) is 14.7 Å². The average Bonchev–Trinajstić information content (AvgIpc) is 2.53. The van der Waals surface area contributed by atoms with Gasteiger partial charge in [0.2, 0.25) is 0 Å². The Morgan fingerprint density at radius 1 is 1.17 bits per heavy atom. The number of nitrogens with zero attached hydrogens (tertiary/aromatic N) is 1. The SMILES string of the molecule is CC(C)c1ccc2c(=O)c3ccc(Br)c(Br)c3n(CC(=O)O)c2c1. The van der Waals surface area contributed by atoms with Crippen molar-refractivity contribution in [1.29, 1.82) is 0 Å². The van der Waals surface area contributed by atoms with Crippen molar-refractivity contribution in [3.63, 3.8) is 0 Å². The van der Waals surface area contributed by atoms with E-state index in [1.54, 1.807) is 22.8 Å². The molecule has 0 saturated heterocycles. The second-order valence-corrected chi connectivity index (χ2v) is 7.65. The Morgan fingerprint density at radius 2 is 1.83 bits per heavy atom. The van der Waals surface area contributed by atoms with Crippen LogP contribution in [-0.4, -0.2) is 15.6 Å².